The standard InChI is InChI=1S/C18H28N2O5S/c1-13-6-4-5-7-15(13)20-26(22,23)11-10-19-18(21)14-8-9-16(24-2)17(12-14)25-3/h8-9,12-13,15,20H,4-7,10-11H2,1-3H3,(H,19,21)/t13-,15-/m0/s1. The minimum Gasteiger partial charge on any atom is -0.493 e. The minimum absolute atomic E-state index is 0.00435. The molecule has 146 valence electrons. The Morgan fingerprint density at radius 1 is 1.15 bits per heavy atom. The fourth-order valence-corrected chi connectivity index (χ4v) is 4.46. The van der Waals surface area contributed by atoms with Crippen molar-refractivity contribution in [2.45, 2.75) is 38.6 Å². The first-order chi connectivity index (χ1) is 12.4. The van der Waals surface area contributed by atoms with Gasteiger partial charge in [0.05, 0.1) is 20.0 Å². The predicted molar refractivity (Wildman–Crippen MR) is 100 cm³/mol. The summed E-state index contributed by atoms with van der Waals surface area (Å²) in [6.45, 7) is 2.12. The zero-order valence-corrected chi connectivity index (χ0v) is 16.4. The van der Waals surface area contributed by atoms with E-state index in [-0.39, 0.29) is 24.2 Å². The van der Waals surface area contributed by atoms with Gasteiger partial charge in [-0.15, -0.1) is 0 Å². The molecule has 2 atom stereocenters. The molecule has 1 amide bonds. The molecule has 1 saturated carbocycles. The highest BCUT2D eigenvalue weighted by Crippen LogP contribution is 2.27. The van der Waals surface area contributed by atoms with Crippen molar-refractivity contribution < 1.29 is 22.7 Å². The van der Waals surface area contributed by atoms with Crippen molar-refractivity contribution in [3.05, 3.63) is 23.8 Å². The van der Waals surface area contributed by atoms with E-state index < -0.39 is 10.0 Å². The smallest absolute Gasteiger partial charge is 0.251 e. The number of nitrogens with one attached hydrogen (secondary N) is 2. The quantitative estimate of drug-likeness (QED) is 0.714. The van der Waals surface area contributed by atoms with E-state index in [1.54, 1.807) is 18.2 Å². The van der Waals surface area contributed by atoms with E-state index in [2.05, 4.69) is 17.0 Å². The van der Waals surface area contributed by atoms with Gasteiger partial charge in [0, 0.05) is 18.2 Å². The normalized spacial score (nSPS) is 20.4. The van der Waals surface area contributed by atoms with Crippen LogP contribution in [-0.4, -0.2) is 46.9 Å². The zero-order valence-electron chi connectivity index (χ0n) is 15.6. The number of ether oxygens (including phenoxy) is 2. The Hall–Kier alpha value is -1.80. The lowest BCUT2D eigenvalue weighted by Crippen LogP contribution is -2.43. The van der Waals surface area contributed by atoms with E-state index in [1.807, 2.05) is 0 Å². The van der Waals surface area contributed by atoms with E-state index in [0.717, 1.165) is 25.7 Å². The Balaban J connectivity index is 1.87. The lowest BCUT2D eigenvalue weighted by molar-refractivity contribution is 0.0955. The van der Waals surface area contributed by atoms with Gasteiger partial charge in [-0.25, -0.2) is 13.1 Å². The molecule has 0 aromatic heterocycles. The molecule has 2 rings (SSSR count). The summed E-state index contributed by atoms with van der Waals surface area (Å²) in [4.78, 5) is 12.2. The van der Waals surface area contributed by atoms with E-state index in [9.17, 15) is 13.2 Å². The number of rotatable bonds is 8. The molecule has 1 fully saturated rings. The monoisotopic (exact) mass is 384 g/mol. The Bertz CT molecular complexity index is 720. The molecule has 0 unspecified atom stereocenters. The van der Waals surface area contributed by atoms with Crippen LogP contribution in [0.3, 0.4) is 0 Å². The molecule has 0 heterocycles. The van der Waals surface area contributed by atoms with Crippen molar-refractivity contribution in [3.8, 4) is 11.5 Å². The summed E-state index contributed by atoms with van der Waals surface area (Å²) < 4.78 is 37.6. The molecule has 1 aromatic carbocycles. The maximum atomic E-state index is 12.2. The predicted octanol–water partition coefficient (Wildman–Crippen LogP) is 1.93. The fourth-order valence-electron chi connectivity index (χ4n) is 3.16. The van der Waals surface area contributed by atoms with Gasteiger partial charge in [-0.2, -0.15) is 0 Å². The van der Waals surface area contributed by atoms with Crippen molar-refractivity contribution in [3.63, 3.8) is 0 Å². The van der Waals surface area contributed by atoms with E-state index >= 15 is 0 Å². The van der Waals surface area contributed by atoms with Gasteiger partial charge in [0.15, 0.2) is 11.5 Å². The lowest BCUT2D eigenvalue weighted by atomic mass is 9.87. The Morgan fingerprint density at radius 2 is 1.85 bits per heavy atom. The molecule has 0 spiro atoms. The SMILES string of the molecule is COc1ccc(C(=O)NCCS(=O)(=O)N[C@H]2CCCC[C@@H]2C)cc1OC. The van der Waals surface area contributed by atoms with Crippen LogP contribution < -0.4 is 19.5 Å². The highest BCUT2D eigenvalue weighted by Gasteiger charge is 2.25. The second kappa shape index (κ2) is 9.23. The van der Waals surface area contributed by atoms with Crippen molar-refractivity contribution in [2.24, 2.45) is 5.92 Å². The summed E-state index contributed by atoms with van der Waals surface area (Å²) in [6, 6.07) is 4.80. The third-order valence-corrected chi connectivity index (χ3v) is 6.15. The average Bonchev–Trinajstić information content (AvgIpc) is 2.62. The summed E-state index contributed by atoms with van der Waals surface area (Å²) in [5, 5.41) is 2.64. The average molecular weight is 384 g/mol. The lowest BCUT2D eigenvalue weighted by Gasteiger charge is -2.29. The molecule has 0 radical (unpaired) electrons. The first-order valence-corrected chi connectivity index (χ1v) is 10.5. The van der Waals surface area contributed by atoms with E-state index in [4.69, 9.17) is 9.47 Å². The molecule has 7 nitrogen and oxygen atoms in total. The number of methoxy groups -OCH3 is 2. The second-order valence-electron chi connectivity index (χ2n) is 6.63. The number of benzene rings is 1. The van der Waals surface area contributed by atoms with Crippen LogP contribution in [0, 0.1) is 5.92 Å². The molecule has 1 aliphatic rings. The van der Waals surface area contributed by atoms with Crippen molar-refractivity contribution >= 4 is 15.9 Å². The Morgan fingerprint density at radius 3 is 2.50 bits per heavy atom. The molecular formula is C18H28N2O5S. The molecule has 1 aromatic rings. The summed E-state index contributed by atoms with van der Waals surface area (Å²) >= 11 is 0. The first-order valence-electron chi connectivity index (χ1n) is 8.86. The number of carbonyl (C=O) groups is 1. The molecular weight excluding hydrogens is 356 g/mol. The second-order valence-corrected chi connectivity index (χ2v) is 8.50. The first kappa shape index (κ1) is 20.5. The van der Waals surface area contributed by atoms with Crippen LogP contribution in [0.2, 0.25) is 0 Å². The van der Waals surface area contributed by atoms with Gasteiger partial charge < -0.3 is 14.8 Å². The highest BCUT2D eigenvalue weighted by molar-refractivity contribution is 7.89. The molecule has 1 aliphatic carbocycles. The van der Waals surface area contributed by atoms with Crippen LogP contribution >= 0.6 is 0 Å². The molecule has 2 N–H and O–H groups in total. The zero-order chi connectivity index (χ0) is 19.2. The van der Waals surface area contributed by atoms with Crippen LogP contribution in [-0.2, 0) is 10.0 Å². The van der Waals surface area contributed by atoms with Gasteiger partial charge in [0.25, 0.3) is 5.91 Å². The summed E-state index contributed by atoms with van der Waals surface area (Å²) in [5.41, 5.74) is 0.383. The molecule has 8 heteroatoms. The molecule has 26 heavy (non-hydrogen) atoms. The summed E-state index contributed by atoms with van der Waals surface area (Å²) in [7, 11) is -0.418. The third-order valence-electron chi connectivity index (χ3n) is 4.74. The number of sulfonamides is 1. The van der Waals surface area contributed by atoms with Gasteiger partial charge in [-0.3, -0.25) is 4.79 Å². The van der Waals surface area contributed by atoms with Crippen LogP contribution in [0.15, 0.2) is 18.2 Å². The van der Waals surface area contributed by atoms with E-state index in [0.29, 0.717) is 23.0 Å². The largest absolute Gasteiger partial charge is 0.493 e. The summed E-state index contributed by atoms with van der Waals surface area (Å²) in [6.07, 6.45) is 4.12. The van der Waals surface area contributed by atoms with Crippen LogP contribution in [0.1, 0.15) is 43.0 Å². The number of amides is 1. The van der Waals surface area contributed by atoms with Crippen LogP contribution in [0.4, 0.5) is 0 Å². The number of hydrogen-bond donors (Lipinski definition) is 2. The van der Waals surface area contributed by atoms with Crippen molar-refractivity contribution in [1.29, 1.82) is 0 Å². The molecule has 0 aliphatic heterocycles. The van der Waals surface area contributed by atoms with Gasteiger partial charge in [0.2, 0.25) is 10.0 Å². The Labute approximate surface area is 155 Å². The van der Waals surface area contributed by atoms with Crippen molar-refractivity contribution in [1.82, 2.24) is 10.0 Å². The van der Waals surface area contributed by atoms with Gasteiger partial charge in [0.1, 0.15) is 0 Å². The number of carbonyl (C=O) groups excluding carboxylic acids is 1. The Kier molecular flexibility index (Phi) is 7.28. The van der Waals surface area contributed by atoms with Gasteiger partial charge >= 0.3 is 0 Å². The van der Waals surface area contributed by atoms with Crippen LogP contribution in [0.5, 0.6) is 11.5 Å². The molecule has 0 bridgehead atoms. The third kappa shape index (κ3) is 5.60. The highest BCUT2D eigenvalue weighted by atomic mass is 32.2. The summed E-state index contributed by atoms with van der Waals surface area (Å²) in [5.74, 6) is 0.820. The minimum atomic E-state index is -3.42. The van der Waals surface area contributed by atoms with Gasteiger partial charge in [-0.05, 0) is 37.0 Å². The molecule has 0 saturated heterocycles. The number of hydrogen-bond acceptors (Lipinski definition) is 5. The van der Waals surface area contributed by atoms with Crippen LogP contribution in [0.25, 0.3) is 0 Å². The topological polar surface area (TPSA) is 93.7 Å². The maximum absolute atomic E-state index is 12.2. The van der Waals surface area contributed by atoms with Gasteiger partial charge in [-0.1, -0.05) is 19.8 Å². The van der Waals surface area contributed by atoms with E-state index in [1.165, 1.54) is 14.2 Å². The maximum Gasteiger partial charge on any atom is 0.251 e. The van der Waals surface area contributed by atoms with Crippen molar-refractivity contribution in [2.75, 3.05) is 26.5 Å². The fraction of sp³-hybridized carbons (Fsp3) is 0.611.